The Morgan fingerprint density at radius 1 is 1.14 bits per heavy atom. The summed E-state index contributed by atoms with van der Waals surface area (Å²) in [6.07, 6.45) is 0. The zero-order chi connectivity index (χ0) is 14.8. The Balaban J connectivity index is 1.81. The van der Waals surface area contributed by atoms with Crippen LogP contribution in [0.15, 0.2) is 54.6 Å². The molecule has 1 heterocycles. The maximum absolute atomic E-state index is 13.5. The second-order valence-electron chi connectivity index (χ2n) is 4.92. The monoisotopic (exact) mass is 282 g/mol. The van der Waals surface area contributed by atoms with Gasteiger partial charge in [0.2, 0.25) is 0 Å². The number of rotatable bonds is 3. The van der Waals surface area contributed by atoms with Crippen LogP contribution >= 0.6 is 0 Å². The summed E-state index contributed by atoms with van der Waals surface area (Å²) in [4.78, 5) is 12.3. The van der Waals surface area contributed by atoms with Crippen molar-refractivity contribution in [2.24, 2.45) is 7.05 Å². The van der Waals surface area contributed by atoms with E-state index in [1.807, 2.05) is 41.9 Å². The van der Waals surface area contributed by atoms with Crippen LogP contribution in [0, 0.1) is 5.82 Å². The number of para-hydroxylation sites is 1. The molecule has 3 nitrogen and oxygen atoms in total. The fourth-order valence-electron chi connectivity index (χ4n) is 2.41. The van der Waals surface area contributed by atoms with Gasteiger partial charge in [-0.25, -0.2) is 4.39 Å². The van der Waals surface area contributed by atoms with Crippen molar-refractivity contribution in [3.8, 4) is 0 Å². The van der Waals surface area contributed by atoms with Crippen LogP contribution in [0.3, 0.4) is 0 Å². The Morgan fingerprint density at radius 3 is 2.62 bits per heavy atom. The summed E-state index contributed by atoms with van der Waals surface area (Å²) in [6, 6.07) is 16.1. The van der Waals surface area contributed by atoms with Gasteiger partial charge in [-0.3, -0.25) is 4.79 Å². The van der Waals surface area contributed by atoms with Crippen molar-refractivity contribution < 1.29 is 9.18 Å². The van der Waals surface area contributed by atoms with E-state index in [9.17, 15) is 9.18 Å². The van der Waals surface area contributed by atoms with E-state index in [1.54, 1.807) is 18.2 Å². The van der Waals surface area contributed by atoms with Crippen molar-refractivity contribution in [2.75, 3.05) is 0 Å². The summed E-state index contributed by atoms with van der Waals surface area (Å²) < 4.78 is 15.4. The maximum atomic E-state index is 13.5. The average molecular weight is 282 g/mol. The lowest BCUT2D eigenvalue weighted by Crippen LogP contribution is -2.25. The number of nitrogens with one attached hydrogen (secondary N) is 1. The summed E-state index contributed by atoms with van der Waals surface area (Å²) in [6.45, 7) is 0.174. The van der Waals surface area contributed by atoms with E-state index in [0.29, 0.717) is 11.3 Å². The smallest absolute Gasteiger partial charge is 0.268 e. The standard InChI is InChI=1S/C17H15FN2O/c1-20-15-9-5-3-6-12(15)10-16(20)17(21)19-11-13-7-2-4-8-14(13)18/h2-10H,11H2,1H3,(H,19,21). The third kappa shape index (κ3) is 2.52. The number of carbonyl (C=O) groups is 1. The highest BCUT2D eigenvalue weighted by Gasteiger charge is 2.13. The van der Waals surface area contributed by atoms with Gasteiger partial charge in [0.1, 0.15) is 11.5 Å². The number of nitrogens with zero attached hydrogens (tertiary/aromatic N) is 1. The molecule has 0 fully saturated rings. The lowest BCUT2D eigenvalue weighted by Gasteiger charge is -2.07. The molecule has 0 atom stereocenters. The predicted octanol–water partition coefficient (Wildman–Crippen LogP) is 3.25. The van der Waals surface area contributed by atoms with E-state index in [0.717, 1.165) is 10.9 Å². The first-order chi connectivity index (χ1) is 10.2. The van der Waals surface area contributed by atoms with Crippen LogP contribution in [0.2, 0.25) is 0 Å². The molecule has 1 amide bonds. The number of fused-ring (bicyclic) bond motifs is 1. The van der Waals surface area contributed by atoms with E-state index >= 15 is 0 Å². The minimum atomic E-state index is -0.310. The van der Waals surface area contributed by atoms with Gasteiger partial charge in [-0.1, -0.05) is 36.4 Å². The van der Waals surface area contributed by atoms with Crippen LogP contribution in [-0.2, 0) is 13.6 Å². The molecule has 0 radical (unpaired) electrons. The molecule has 1 N–H and O–H groups in total. The summed E-state index contributed by atoms with van der Waals surface area (Å²) in [5.41, 5.74) is 2.03. The van der Waals surface area contributed by atoms with Crippen LogP contribution in [0.1, 0.15) is 16.1 Å². The number of aromatic nitrogens is 1. The first-order valence-electron chi connectivity index (χ1n) is 6.73. The highest BCUT2D eigenvalue weighted by atomic mass is 19.1. The highest BCUT2D eigenvalue weighted by molar-refractivity contribution is 5.98. The minimum Gasteiger partial charge on any atom is -0.347 e. The van der Waals surface area contributed by atoms with E-state index in [4.69, 9.17) is 0 Å². The Morgan fingerprint density at radius 2 is 1.86 bits per heavy atom. The number of benzene rings is 2. The Bertz CT molecular complexity index is 807. The molecule has 0 aliphatic heterocycles. The number of amides is 1. The maximum Gasteiger partial charge on any atom is 0.268 e. The minimum absolute atomic E-state index is 0.174. The van der Waals surface area contributed by atoms with Crippen LogP contribution in [0.4, 0.5) is 4.39 Å². The predicted molar refractivity (Wildman–Crippen MR) is 80.5 cm³/mol. The Kier molecular flexibility index (Phi) is 3.44. The van der Waals surface area contributed by atoms with Crippen molar-refractivity contribution in [2.45, 2.75) is 6.54 Å². The van der Waals surface area contributed by atoms with Gasteiger partial charge in [0.25, 0.3) is 5.91 Å². The van der Waals surface area contributed by atoms with E-state index < -0.39 is 0 Å². The van der Waals surface area contributed by atoms with Gasteiger partial charge in [0.05, 0.1) is 0 Å². The number of hydrogen-bond donors (Lipinski definition) is 1. The fraction of sp³-hybridized carbons (Fsp3) is 0.118. The molecule has 2 aromatic carbocycles. The second-order valence-corrected chi connectivity index (χ2v) is 4.92. The van der Waals surface area contributed by atoms with Gasteiger partial charge in [-0.2, -0.15) is 0 Å². The summed E-state index contributed by atoms with van der Waals surface area (Å²) in [7, 11) is 1.85. The molecule has 0 bridgehead atoms. The Hall–Kier alpha value is -2.62. The Labute approximate surface area is 122 Å². The SMILES string of the molecule is Cn1c(C(=O)NCc2ccccc2F)cc2ccccc21. The number of halogens is 1. The molecule has 3 aromatic rings. The van der Waals surface area contributed by atoms with Gasteiger partial charge < -0.3 is 9.88 Å². The molecule has 0 aliphatic carbocycles. The first-order valence-corrected chi connectivity index (χ1v) is 6.73. The normalized spacial score (nSPS) is 10.8. The van der Waals surface area contributed by atoms with Gasteiger partial charge in [-0.15, -0.1) is 0 Å². The van der Waals surface area contributed by atoms with Crippen molar-refractivity contribution in [3.05, 3.63) is 71.7 Å². The van der Waals surface area contributed by atoms with Gasteiger partial charge in [0.15, 0.2) is 0 Å². The summed E-state index contributed by atoms with van der Waals surface area (Å²) in [5, 5.41) is 3.77. The van der Waals surface area contributed by atoms with Crippen LogP contribution in [-0.4, -0.2) is 10.5 Å². The van der Waals surface area contributed by atoms with Crippen molar-refractivity contribution >= 4 is 16.8 Å². The largest absolute Gasteiger partial charge is 0.347 e. The lowest BCUT2D eigenvalue weighted by molar-refractivity contribution is 0.0943. The molecule has 4 heteroatoms. The molecule has 0 saturated heterocycles. The fourth-order valence-corrected chi connectivity index (χ4v) is 2.41. The molecule has 1 aromatic heterocycles. The molecule has 0 spiro atoms. The molecule has 0 unspecified atom stereocenters. The third-order valence-corrected chi connectivity index (χ3v) is 3.58. The lowest BCUT2D eigenvalue weighted by atomic mass is 10.2. The van der Waals surface area contributed by atoms with Crippen LogP contribution in [0.5, 0.6) is 0 Å². The first kappa shape index (κ1) is 13.4. The number of carbonyl (C=O) groups excluding carboxylic acids is 1. The zero-order valence-corrected chi connectivity index (χ0v) is 11.6. The van der Waals surface area contributed by atoms with Crippen molar-refractivity contribution in [1.82, 2.24) is 9.88 Å². The number of hydrogen-bond acceptors (Lipinski definition) is 1. The van der Waals surface area contributed by atoms with Crippen molar-refractivity contribution in [1.29, 1.82) is 0 Å². The van der Waals surface area contributed by atoms with Gasteiger partial charge >= 0.3 is 0 Å². The molecule has 3 rings (SSSR count). The van der Waals surface area contributed by atoms with Crippen LogP contribution in [0.25, 0.3) is 10.9 Å². The number of aryl methyl sites for hydroxylation is 1. The molecule has 106 valence electrons. The zero-order valence-electron chi connectivity index (χ0n) is 11.6. The molecular weight excluding hydrogens is 267 g/mol. The van der Waals surface area contributed by atoms with Gasteiger partial charge in [0, 0.05) is 30.1 Å². The summed E-state index contributed by atoms with van der Waals surface area (Å²) in [5.74, 6) is -0.521. The molecule has 0 aliphatic rings. The average Bonchev–Trinajstić information content (AvgIpc) is 2.84. The second kappa shape index (κ2) is 5.40. The van der Waals surface area contributed by atoms with Gasteiger partial charge in [-0.05, 0) is 18.2 Å². The highest BCUT2D eigenvalue weighted by Crippen LogP contribution is 2.18. The third-order valence-electron chi connectivity index (χ3n) is 3.58. The van der Waals surface area contributed by atoms with E-state index in [2.05, 4.69) is 5.32 Å². The van der Waals surface area contributed by atoms with E-state index in [1.165, 1.54) is 6.07 Å². The van der Waals surface area contributed by atoms with Crippen molar-refractivity contribution in [3.63, 3.8) is 0 Å². The summed E-state index contributed by atoms with van der Waals surface area (Å²) >= 11 is 0. The quantitative estimate of drug-likeness (QED) is 0.786. The molecular formula is C17H15FN2O. The van der Waals surface area contributed by atoms with Crippen LogP contribution < -0.4 is 5.32 Å². The topological polar surface area (TPSA) is 34.0 Å². The molecule has 21 heavy (non-hydrogen) atoms. The molecule has 0 saturated carbocycles. The van der Waals surface area contributed by atoms with E-state index in [-0.39, 0.29) is 18.3 Å².